The Morgan fingerprint density at radius 1 is 1.03 bits per heavy atom. The fraction of sp³-hybridized carbons (Fsp3) is 0.125. The number of furan rings is 1. The molecule has 3 aromatic heterocycles. The number of anilines is 1. The van der Waals surface area contributed by atoms with Gasteiger partial charge in [-0.3, -0.25) is 10.1 Å². The molecule has 8 nitrogen and oxygen atoms in total. The first-order valence-corrected chi connectivity index (χ1v) is 12.2. The minimum Gasteiger partial charge on any atom is -0.451 e. The van der Waals surface area contributed by atoms with E-state index in [0.717, 1.165) is 43.7 Å². The lowest BCUT2D eigenvalue weighted by Gasteiger charge is -2.12. The molecule has 0 saturated heterocycles. The summed E-state index contributed by atoms with van der Waals surface area (Å²) in [6, 6.07) is 14.8. The Morgan fingerprint density at radius 3 is 2.57 bits per heavy atom. The molecule has 0 aliphatic heterocycles. The fourth-order valence-corrected chi connectivity index (χ4v) is 4.67. The zero-order valence-electron chi connectivity index (χ0n) is 18.9. The van der Waals surface area contributed by atoms with Crippen LogP contribution < -0.4 is 10.6 Å². The molecule has 11 heteroatoms. The van der Waals surface area contributed by atoms with E-state index in [2.05, 4.69) is 25.9 Å². The van der Waals surface area contributed by atoms with Gasteiger partial charge in [-0.2, -0.15) is 9.61 Å². The number of aryl methyl sites for hydroxylation is 3. The highest BCUT2D eigenvalue weighted by Crippen LogP contribution is 2.29. The largest absolute Gasteiger partial charge is 0.451 e. The van der Waals surface area contributed by atoms with Crippen LogP contribution in [0.3, 0.4) is 0 Å². The van der Waals surface area contributed by atoms with E-state index in [0.29, 0.717) is 10.8 Å². The monoisotopic (exact) mass is 522 g/mol. The zero-order valence-corrected chi connectivity index (χ0v) is 21.3. The van der Waals surface area contributed by atoms with E-state index in [1.54, 1.807) is 22.7 Å². The maximum atomic E-state index is 12.7. The molecule has 2 N–H and O–H groups in total. The van der Waals surface area contributed by atoms with E-state index >= 15 is 0 Å². The zero-order chi connectivity index (χ0) is 24.7. The SMILES string of the molecule is Cc1ccc(-c2ccc(C(=O)NC(=S)Nc3cc(-c4nn5c(C)nnc5s4)ccc3C)o2)cc1Cl. The summed E-state index contributed by atoms with van der Waals surface area (Å²) in [5.41, 5.74) is 4.36. The topological polar surface area (TPSA) is 97.4 Å². The van der Waals surface area contributed by atoms with Gasteiger partial charge in [0.25, 0.3) is 5.91 Å². The highest BCUT2D eigenvalue weighted by molar-refractivity contribution is 7.80. The van der Waals surface area contributed by atoms with Gasteiger partial charge in [0.15, 0.2) is 16.7 Å². The van der Waals surface area contributed by atoms with E-state index in [1.165, 1.54) is 11.3 Å². The molecular formula is C24H19ClN6O2S2. The summed E-state index contributed by atoms with van der Waals surface area (Å²) in [5.74, 6) is 0.953. The molecule has 0 aliphatic rings. The molecule has 5 aromatic rings. The first-order valence-electron chi connectivity index (χ1n) is 10.6. The molecule has 0 spiro atoms. The smallest absolute Gasteiger partial charge is 0.293 e. The first kappa shape index (κ1) is 23.2. The van der Waals surface area contributed by atoms with Crippen LogP contribution in [0.25, 0.3) is 26.9 Å². The number of nitrogens with one attached hydrogen (secondary N) is 2. The van der Waals surface area contributed by atoms with Gasteiger partial charge in [0.05, 0.1) is 0 Å². The van der Waals surface area contributed by atoms with Crippen molar-refractivity contribution in [1.29, 1.82) is 0 Å². The van der Waals surface area contributed by atoms with E-state index in [1.807, 2.05) is 51.1 Å². The molecule has 0 bridgehead atoms. The van der Waals surface area contributed by atoms with Gasteiger partial charge in [-0.25, -0.2) is 0 Å². The van der Waals surface area contributed by atoms with Gasteiger partial charge in [0.1, 0.15) is 10.8 Å². The summed E-state index contributed by atoms with van der Waals surface area (Å²) in [4.78, 5) is 13.4. The number of benzene rings is 2. The number of fused-ring (bicyclic) bond motifs is 1. The van der Waals surface area contributed by atoms with Gasteiger partial charge < -0.3 is 9.73 Å². The number of aromatic nitrogens is 4. The molecule has 3 heterocycles. The van der Waals surface area contributed by atoms with Crippen LogP contribution in [-0.4, -0.2) is 30.8 Å². The maximum absolute atomic E-state index is 12.7. The van der Waals surface area contributed by atoms with Gasteiger partial charge >= 0.3 is 0 Å². The molecule has 0 unspecified atom stereocenters. The van der Waals surface area contributed by atoms with Crippen molar-refractivity contribution in [3.8, 4) is 21.9 Å². The number of nitrogens with zero attached hydrogens (tertiary/aromatic N) is 4. The molecular weight excluding hydrogens is 504 g/mol. The molecule has 35 heavy (non-hydrogen) atoms. The van der Waals surface area contributed by atoms with E-state index < -0.39 is 5.91 Å². The average Bonchev–Trinajstić information content (AvgIpc) is 3.55. The van der Waals surface area contributed by atoms with Crippen LogP contribution in [0.2, 0.25) is 5.02 Å². The van der Waals surface area contributed by atoms with Crippen molar-refractivity contribution in [2.45, 2.75) is 20.8 Å². The van der Waals surface area contributed by atoms with Crippen LogP contribution >= 0.6 is 35.2 Å². The highest BCUT2D eigenvalue weighted by Gasteiger charge is 2.16. The molecule has 1 amide bonds. The Labute approximate surface area is 214 Å². The van der Waals surface area contributed by atoms with Gasteiger partial charge in [0.2, 0.25) is 4.96 Å². The number of hydrogen-bond acceptors (Lipinski definition) is 7. The van der Waals surface area contributed by atoms with Crippen LogP contribution in [0, 0.1) is 20.8 Å². The summed E-state index contributed by atoms with van der Waals surface area (Å²) in [6.45, 7) is 5.72. The molecule has 2 aromatic carbocycles. The van der Waals surface area contributed by atoms with Crippen molar-refractivity contribution in [2.75, 3.05) is 5.32 Å². The fourth-order valence-electron chi connectivity index (χ4n) is 3.40. The van der Waals surface area contributed by atoms with Gasteiger partial charge in [-0.1, -0.05) is 47.2 Å². The molecule has 0 fully saturated rings. The van der Waals surface area contributed by atoms with Crippen molar-refractivity contribution < 1.29 is 9.21 Å². The molecule has 5 rings (SSSR count). The minimum atomic E-state index is -0.454. The summed E-state index contributed by atoms with van der Waals surface area (Å²) in [7, 11) is 0. The second-order valence-corrected chi connectivity index (χ2v) is 9.69. The quantitative estimate of drug-likeness (QED) is 0.287. The lowest BCUT2D eigenvalue weighted by molar-refractivity contribution is 0.0951. The lowest BCUT2D eigenvalue weighted by atomic mass is 10.1. The summed E-state index contributed by atoms with van der Waals surface area (Å²) in [5, 5.41) is 20.1. The average molecular weight is 523 g/mol. The normalized spacial score (nSPS) is 11.1. The van der Waals surface area contributed by atoms with Crippen molar-refractivity contribution in [2.24, 2.45) is 0 Å². The molecule has 0 atom stereocenters. The number of carbonyl (C=O) groups is 1. The van der Waals surface area contributed by atoms with Crippen LogP contribution in [-0.2, 0) is 0 Å². The van der Waals surface area contributed by atoms with Crippen LogP contribution in [0.4, 0.5) is 5.69 Å². The Morgan fingerprint density at radius 2 is 1.80 bits per heavy atom. The second-order valence-electron chi connectivity index (χ2n) is 7.91. The predicted octanol–water partition coefficient (Wildman–Crippen LogP) is 5.82. The number of hydrogen-bond donors (Lipinski definition) is 2. The Kier molecular flexibility index (Phi) is 6.10. The number of halogens is 1. The van der Waals surface area contributed by atoms with Gasteiger partial charge in [-0.15, -0.1) is 10.2 Å². The standard InChI is InChI=1S/C24H19ClN6O2S2/c1-12-4-6-15(10-17(12)25)19-8-9-20(33-19)21(32)27-23(34)26-18-11-16(7-5-13(18)2)22-30-31-14(3)28-29-24(31)35-22/h4-11H,1-3H3,(H2,26,27,32,34). The van der Waals surface area contributed by atoms with Crippen molar-refractivity contribution in [1.82, 2.24) is 25.1 Å². The maximum Gasteiger partial charge on any atom is 0.293 e. The van der Waals surface area contributed by atoms with Crippen LogP contribution in [0.5, 0.6) is 0 Å². The van der Waals surface area contributed by atoms with Crippen molar-refractivity contribution >= 4 is 56.8 Å². The minimum absolute atomic E-state index is 0.140. The number of thiocarbonyl (C=S) groups is 1. The number of amides is 1. The molecule has 0 saturated carbocycles. The third kappa shape index (κ3) is 4.68. The van der Waals surface area contributed by atoms with Crippen molar-refractivity contribution in [3.05, 3.63) is 76.3 Å². The van der Waals surface area contributed by atoms with E-state index in [4.69, 9.17) is 28.2 Å². The predicted molar refractivity (Wildman–Crippen MR) is 141 cm³/mol. The molecule has 176 valence electrons. The third-order valence-electron chi connectivity index (χ3n) is 5.39. The summed E-state index contributed by atoms with van der Waals surface area (Å²) < 4.78 is 7.44. The summed E-state index contributed by atoms with van der Waals surface area (Å²) >= 11 is 13.0. The van der Waals surface area contributed by atoms with Gasteiger partial charge in [-0.05, 0) is 68.4 Å². The lowest BCUT2D eigenvalue weighted by Crippen LogP contribution is -2.34. The van der Waals surface area contributed by atoms with E-state index in [9.17, 15) is 4.79 Å². The summed E-state index contributed by atoms with van der Waals surface area (Å²) in [6.07, 6.45) is 0. The highest BCUT2D eigenvalue weighted by atomic mass is 35.5. The third-order valence-corrected chi connectivity index (χ3v) is 6.95. The first-order chi connectivity index (χ1) is 16.8. The second kappa shape index (κ2) is 9.21. The Balaban J connectivity index is 1.29. The van der Waals surface area contributed by atoms with Crippen molar-refractivity contribution in [3.63, 3.8) is 0 Å². The Hall–Kier alpha value is -3.60. The molecule has 0 radical (unpaired) electrons. The number of carbonyl (C=O) groups excluding carboxylic acids is 1. The van der Waals surface area contributed by atoms with E-state index in [-0.39, 0.29) is 10.9 Å². The molecule has 0 aliphatic carbocycles. The van der Waals surface area contributed by atoms with Gasteiger partial charge in [0, 0.05) is 21.8 Å². The Bertz CT molecular complexity index is 1600. The number of rotatable bonds is 4. The van der Waals surface area contributed by atoms with Crippen LogP contribution in [0.1, 0.15) is 27.5 Å². The van der Waals surface area contributed by atoms with Crippen LogP contribution in [0.15, 0.2) is 52.9 Å².